The summed E-state index contributed by atoms with van der Waals surface area (Å²) in [6.07, 6.45) is 8.57. The molecule has 2 aliphatic heterocycles. The largest absolute Gasteiger partial charge is 0.317 e. The van der Waals surface area contributed by atoms with Crippen molar-refractivity contribution >= 4 is 0 Å². The molecule has 2 heterocycles. The van der Waals surface area contributed by atoms with E-state index in [1.807, 2.05) is 13.8 Å². The van der Waals surface area contributed by atoms with Gasteiger partial charge in [0.15, 0.2) is 0 Å². The topological polar surface area (TPSA) is 15.3 Å². The summed E-state index contributed by atoms with van der Waals surface area (Å²) in [5, 5.41) is 3.50. The summed E-state index contributed by atoms with van der Waals surface area (Å²) >= 11 is 0. The van der Waals surface area contributed by atoms with E-state index in [0.717, 1.165) is 5.92 Å². The van der Waals surface area contributed by atoms with Crippen molar-refractivity contribution in [3.63, 3.8) is 0 Å². The first-order valence-electron chi connectivity index (χ1n) is 7.38. The van der Waals surface area contributed by atoms with Crippen LogP contribution in [0.5, 0.6) is 0 Å². The Morgan fingerprint density at radius 3 is 2.44 bits per heavy atom. The van der Waals surface area contributed by atoms with Crippen molar-refractivity contribution in [3.8, 4) is 0 Å². The number of nitrogens with one attached hydrogen (secondary N) is 1. The monoisotopic (exact) mass is 226 g/mol. The van der Waals surface area contributed by atoms with Gasteiger partial charge in [-0.2, -0.15) is 0 Å². The van der Waals surface area contributed by atoms with Crippen LogP contribution in [0.1, 0.15) is 52.4 Å². The highest BCUT2D eigenvalue weighted by atomic mass is 15.1. The quantitative estimate of drug-likeness (QED) is 0.779. The minimum Gasteiger partial charge on any atom is -0.317 e. The molecule has 0 bridgehead atoms. The fraction of sp³-hybridized carbons (Fsp3) is 1.00. The Labute approximate surface area is 102 Å². The molecule has 2 nitrogen and oxygen atoms in total. The van der Waals surface area contributed by atoms with Crippen LogP contribution in [-0.2, 0) is 0 Å². The third kappa shape index (κ3) is 5.31. The Kier molecular flexibility index (Phi) is 7.87. The summed E-state index contributed by atoms with van der Waals surface area (Å²) in [7, 11) is 0. The van der Waals surface area contributed by atoms with E-state index in [0.29, 0.717) is 0 Å². The van der Waals surface area contributed by atoms with Crippen LogP contribution in [0.3, 0.4) is 0 Å². The summed E-state index contributed by atoms with van der Waals surface area (Å²) < 4.78 is 0. The van der Waals surface area contributed by atoms with E-state index in [1.165, 1.54) is 71.2 Å². The summed E-state index contributed by atoms with van der Waals surface area (Å²) in [6, 6.07) is 0. The molecular weight excluding hydrogens is 196 g/mol. The molecule has 2 heteroatoms. The molecule has 0 aromatic rings. The number of piperidine rings is 1. The number of hydrogen-bond donors (Lipinski definition) is 1. The number of hydrogen-bond acceptors (Lipinski definition) is 2. The second-order valence-electron chi connectivity index (χ2n) is 4.91. The van der Waals surface area contributed by atoms with Gasteiger partial charge in [0.2, 0.25) is 0 Å². The number of nitrogens with zero attached hydrogens (tertiary/aromatic N) is 1. The van der Waals surface area contributed by atoms with E-state index < -0.39 is 0 Å². The minimum atomic E-state index is 0.975. The first kappa shape index (κ1) is 14.0. The third-order valence-electron chi connectivity index (χ3n) is 3.66. The van der Waals surface area contributed by atoms with Gasteiger partial charge in [0, 0.05) is 6.54 Å². The molecule has 0 aromatic heterocycles. The zero-order valence-electron chi connectivity index (χ0n) is 11.3. The Balaban J connectivity index is 0.000000606. The molecule has 0 spiro atoms. The van der Waals surface area contributed by atoms with Crippen LogP contribution in [0, 0.1) is 5.92 Å². The first-order chi connectivity index (χ1) is 7.95. The zero-order chi connectivity index (χ0) is 11.6. The lowest BCUT2D eigenvalue weighted by atomic mass is 9.99. The van der Waals surface area contributed by atoms with Crippen molar-refractivity contribution in [1.82, 2.24) is 10.2 Å². The highest BCUT2D eigenvalue weighted by Crippen LogP contribution is 2.17. The second-order valence-corrected chi connectivity index (χ2v) is 4.91. The minimum absolute atomic E-state index is 0.975. The van der Waals surface area contributed by atoms with E-state index in [2.05, 4.69) is 10.2 Å². The number of rotatable bonds is 2. The third-order valence-corrected chi connectivity index (χ3v) is 3.66. The predicted molar refractivity (Wildman–Crippen MR) is 71.8 cm³/mol. The SMILES string of the molecule is C1CCN(CC2CCCNCC2)CC1.CC. The van der Waals surface area contributed by atoms with Crippen molar-refractivity contribution in [2.45, 2.75) is 52.4 Å². The Morgan fingerprint density at radius 2 is 1.69 bits per heavy atom. The maximum Gasteiger partial charge on any atom is 0.00101 e. The van der Waals surface area contributed by atoms with Gasteiger partial charge in [-0.3, -0.25) is 0 Å². The molecule has 1 atom stereocenters. The Morgan fingerprint density at radius 1 is 0.938 bits per heavy atom. The van der Waals surface area contributed by atoms with Crippen molar-refractivity contribution in [1.29, 1.82) is 0 Å². The molecule has 0 amide bonds. The highest BCUT2D eigenvalue weighted by Gasteiger charge is 2.17. The van der Waals surface area contributed by atoms with Crippen molar-refractivity contribution in [2.24, 2.45) is 5.92 Å². The summed E-state index contributed by atoms with van der Waals surface area (Å²) in [5.41, 5.74) is 0. The van der Waals surface area contributed by atoms with Gasteiger partial charge in [-0.1, -0.05) is 20.3 Å². The van der Waals surface area contributed by atoms with E-state index in [1.54, 1.807) is 0 Å². The first-order valence-corrected chi connectivity index (χ1v) is 7.38. The lowest BCUT2D eigenvalue weighted by molar-refractivity contribution is 0.188. The molecule has 96 valence electrons. The molecule has 0 aromatic carbocycles. The van der Waals surface area contributed by atoms with Crippen LogP contribution in [0.2, 0.25) is 0 Å². The molecule has 2 fully saturated rings. The van der Waals surface area contributed by atoms with Gasteiger partial charge in [0.1, 0.15) is 0 Å². The summed E-state index contributed by atoms with van der Waals surface area (Å²) in [6.45, 7) is 10.6. The van der Waals surface area contributed by atoms with E-state index in [9.17, 15) is 0 Å². The van der Waals surface area contributed by atoms with Crippen molar-refractivity contribution < 1.29 is 0 Å². The zero-order valence-corrected chi connectivity index (χ0v) is 11.3. The molecule has 2 aliphatic rings. The summed E-state index contributed by atoms with van der Waals surface area (Å²) in [4.78, 5) is 2.69. The van der Waals surface area contributed by atoms with Gasteiger partial charge in [0.05, 0.1) is 0 Å². The van der Waals surface area contributed by atoms with E-state index in [4.69, 9.17) is 0 Å². The van der Waals surface area contributed by atoms with E-state index in [-0.39, 0.29) is 0 Å². The average Bonchev–Trinajstić information content (AvgIpc) is 2.62. The smallest absolute Gasteiger partial charge is 0.00101 e. The highest BCUT2D eigenvalue weighted by molar-refractivity contribution is 4.73. The normalized spacial score (nSPS) is 27.8. The molecule has 2 rings (SSSR count). The van der Waals surface area contributed by atoms with Crippen LogP contribution in [-0.4, -0.2) is 37.6 Å². The molecule has 2 saturated heterocycles. The second kappa shape index (κ2) is 9.00. The van der Waals surface area contributed by atoms with Gasteiger partial charge >= 0.3 is 0 Å². The van der Waals surface area contributed by atoms with Gasteiger partial charge in [0.25, 0.3) is 0 Å². The maximum atomic E-state index is 3.50. The van der Waals surface area contributed by atoms with Gasteiger partial charge in [-0.15, -0.1) is 0 Å². The van der Waals surface area contributed by atoms with Gasteiger partial charge in [-0.05, 0) is 64.2 Å². The molecule has 16 heavy (non-hydrogen) atoms. The lowest BCUT2D eigenvalue weighted by Crippen LogP contribution is -2.34. The molecule has 0 saturated carbocycles. The van der Waals surface area contributed by atoms with Crippen molar-refractivity contribution in [3.05, 3.63) is 0 Å². The van der Waals surface area contributed by atoms with Crippen LogP contribution in [0.4, 0.5) is 0 Å². The predicted octanol–water partition coefficient (Wildman–Crippen LogP) is 2.89. The van der Waals surface area contributed by atoms with Crippen LogP contribution in [0.15, 0.2) is 0 Å². The fourth-order valence-electron chi connectivity index (χ4n) is 2.78. The van der Waals surface area contributed by atoms with E-state index >= 15 is 0 Å². The lowest BCUT2D eigenvalue weighted by Gasteiger charge is -2.29. The standard InChI is InChI=1S/C12H24N2.C2H6/c1-2-9-14(10-3-1)11-12-5-4-7-13-8-6-12;1-2/h12-13H,1-11H2;1-2H3. The fourth-order valence-corrected chi connectivity index (χ4v) is 2.78. The Bertz CT molecular complexity index is 145. The molecular formula is C14H30N2. The average molecular weight is 226 g/mol. The summed E-state index contributed by atoms with van der Waals surface area (Å²) in [5.74, 6) is 0.975. The Hall–Kier alpha value is -0.0800. The van der Waals surface area contributed by atoms with Gasteiger partial charge < -0.3 is 10.2 Å². The molecule has 1 N–H and O–H groups in total. The van der Waals surface area contributed by atoms with Gasteiger partial charge in [-0.25, -0.2) is 0 Å². The van der Waals surface area contributed by atoms with Crippen LogP contribution >= 0.6 is 0 Å². The molecule has 1 unspecified atom stereocenters. The maximum absolute atomic E-state index is 3.50. The van der Waals surface area contributed by atoms with Crippen molar-refractivity contribution in [2.75, 3.05) is 32.7 Å². The van der Waals surface area contributed by atoms with Crippen LogP contribution < -0.4 is 5.32 Å². The molecule has 0 radical (unpaired) electrons. The molecule has 0 aliphatic carbocycles. The number of likely N-dealkylation sites (tertiary alicyclic amines) is 1. The van der Waals surface area contributed by atoms with Crippen LogP contribution in [0.25, 0.3) is 0 Å².